The largest absolute Gasteiger partial charge is 0.475 e. The van der Waals surface area contributed by atoms with Crippen molar-refractivity contribution in [3.8, 4) is 10.8 Å². The summed E-state index contributed by atoms with van der Waals surface area (Å²) >= 11 is 1.60. The van der Waals surface area contributed by atoms with E-state index < -0.39 is 5.97 Å². The number of carboxylic acid groups (broad SMARTS) is 1. The van der Waals surface area contributed by atoms with E-state index in [1.165, 1.54) is 4.88 Å². The minimum Gasteiger partial charge on any atom is -0.475 e. The molecule has 94 valence electrons. The number of rotatable bonds is 4. The molecule has 0 bridgehead atoms. The molecule has 18 heavy (non-hydrogen) atoms. The van der Waals surface area contributed by atoms with E-state index in [0.717, 1.165) is 24.1 Å². The predicted molar refractivity (Wildman–Crippen MR) is 68.1 cm³/mol. The van der Waals surface area contributed by atoms with Crippen molar-refractivity contribution in [1.29, 1.82) is 0 Å². The average molecular weight is 263 g/mol. The summed E-state index contributed by atoms with van der Waals surface area (Å²) in [4.78, 5) is 17.7. The third-order valence-corrected chi connectivity index (χ3v) is 4.25. The lowest BCUT2D eigenvalue weighted by Gasteiger charge is -1.89. The Morgan fingerprint density at radius 2 is 2.33 bits per heavy atom. The lowest BCUT2D eigenvalue weighted by atomic mass is 10.2. The molecule has 0 unspecified atom stereocenters. The normalized spacial score (nSPS) is 14.9. The van der Waals surface area contributed by atoms with Crippen LogP contribution in [0.25, 0.3) is 10.8 Å². The molecule has 1 fully saturated rings. The maximum Gasteiger partial charge on any atom is 0.373 e. The molecule has 2 aromatic heterocycles. The highest BCUT2D eigenvalue weighted by Gasteiger charge is 2.33. The molecule has 3 rings (SSSR count). The fourth-order valence-electron chi connectivity index (χ4n) is 1.91. The molecule has 0 atom stereocenters. The number of hydrogen-bond acceptors (Lipinski definition) is 4. The monoisotopic (exact) mass is 263 g/mol. The summed E-state index contributed by atoms with van der Waals surface area (Å²) in [5, 5.41) is 9.12. The van der Waals surface area contributed by atoms with Crippen LogP contribution in [0.3, 0.4) is 0 Å². The van der Waals surface area contributed by atoms with Gasteiger partial charge in [0, 0.05) is 10.8 Å². The minimum atomic E-state index is -1.03. The summed E-state index contributed by atoms with van der Waals surface area (Å²) < 4.78 is 5.42. The Bertz CT molecular complexity index is 595. The van der Waals surface area contributed by atoms with Crippen molar-refractivity contribution in [2.24, 2.45) is 0 Å². The molecule has 1 N–H and O–H groups in total. The molecule has 1 aliphatic rings. The standard InChI is InChI=1S/C13H13NO3S/c1-2-8-5-6-9(18-8)12-14-10(7-3-4-7)11(17-12)13(15)16/h5-7H,2-4H2,1H3,(H,15,16). The van der Waals surface area contributed by atoms with Crippen LogP contribution in [0.1, 0.15) is 46.8 Å². The maximum atomic E-state index is 11.1. The van der Waals surface area contributed by atoms with Gasteiger partial charge in [0.25, 0.3) is 0 Å². The van der Waals surface area contributed by atoms with Crippen LogP contribution >= 0.6 is 11.3 Å². The van der Waals surface area contributed by atoms with Gasteiger partial charge in [0.05, 0.1) is 10.6 Å². The van der Waals surface area contributed by atoms with Gasteiger partial charge < -0.3 is 9.52 Å². The third kappa shape index (κ3) is 1.95. The summed E-state index contributed by atoms with van der Waals surface area (Å²) in [6.07, 6.45) is 2.99. The van der Waals surface area contributed by atoms with Crippen LogP contribution in [0.2, 0.25) is 0 Å². The number of aromatic carboxylic acids is 1. The topological polar surface area (TPSA) is 63.3 Å². The van der Waals surface area contributed by atoms with Gasteiger partial charge >= 0.3 is 5.97 Å². The van der Waals surface area contributed by atoms with Gasteiger partial charge in [0.1, 0.15) is 0 Å². The molecule has 2 heterocycles. The van der Waals surface area contributed by atoms with Gasteiger partial charge in [-0.25, -0.2) is 9.78 Å². The van der Waals surface area contributed by atoms with Crippen molar-refractivity contribution in [1.82, 2.24) is 4.98 Å². The van der Waals surface area contributed by atoms with Crippen LogP contribution in [0.4, 0.5) is 0 Å². The number of nitrogens with zero attached hydrogens (tertiary/aromatic N) is 1. The molecular formula is C13H13NO3S. The zero-order chi connectivity index (χ0) is 12.7. The van der Waals surface area contributed by atoms with Crippen LogP contribution in [0, 0.1) is 0 Å². The summed E-state index contributed by atoms with van der Waals surface area (Å²) in [5.41, 5.74) is 0.615. The second kappa shape index (κ2) is 4.24. The summed E-state index contributed by atoms with van der Waals surface area (Å²) in [6.45, 7) is 2.09. The van der Waals surface area contributed by atoms with Gasteiger partial charge in [-0.15, -0.1) is 11.3 Å². The van der Waals surface area contributed by atoms with Crippen LogP contribution in [-0.2, 0) is 6.42 Å². The lowest BCUT2D eigenvalue weighted by molar-refractivity contribution is 0.0661. The fourth-order valence-corrected chi connectivity index (χ4v) is 2.78. The van der Waals surface area contributed by atoms with E-state index in [2.05, 4.69) is 11.9 Å². The quantitative estimate of drug-likeness (QED) is 0.916. The molecule has 0 spiro atoms. The van der Waals surface area contributed by atoms with Crippen LogP contribution in [0.15, 0.2) is 16.5 Å². The van der Waals surface area contributed by atoms with Crippen molar-refractivity contribution in [3.63, 3.8) is 0 Å². The first kappa shape index (κ1) is 11.5. The number of thiophene rings is 1. The molecule has 0 amide bonds. The first-order valence-corrected chi connectivity index (χ1v) is 6.83. The number of carbonyl (C=O) groups is 1. The molecule has 1 aliphatic carbocycles. The first-order valence-electron chi connectivity index (χ1n) is 6.02. The molecule has 0 radical (unpaired) electrons. The molecule has 0 saturated heterocycles. The predicted octanol–water partition coefficient (Wildman–Crippen LogP) is 3.54. The third-order valence-electron chi connectivity index (χ3n) is 3.03. The average Bonchev–Trinajstić information content (AvgIpc) is 2.94. The first-order chi connectivity index (χ1) is 8.69. The van der Waals surface area contributed by atoms with E-state index >= 15 is 0 Å². The Morgan fingerprint density at radius 1 is 1.56 bits per heavy atom. The second-order valence-corrected chi connectivity index (χ2v) is 5.60. The smallest absolute Gasteiger partial charge is 0.373 e. The van der Waals surface area contributed by atoms with Crippen molar-refractivity contribution < 1.29 is 14.3 Å². The van der Waals surface area contributed by atoms with E-state index in [0.29, 0.717) is 11.6 Å². The summed E-state index contributed by atoms with van der Waals surface area (Å²) in [7, 11) is 0. The lowest BCUT2D eigenvalue weighted by Crippen LogP contribution is -1.98. The van der Waals surface area contributed by atoms with Gasteiger partial charge in [-0.1, -0.05) is 6.92 Å². The van der Waals surface area contributed by atoms with E-state index in [-0.39, 0.29) is 11.7 Å². The molecule has 0 aromatic carbocycles. The zero-order valence-corrected chi connectivity index (χ0v) is 10.8. The molecule has 0 aliphatic heterocycles. The zero-order valence-electron chi connectivity index (χ0n) is 9.97. The Morgan fingerprint density at radius 3 is 2.89 bits per heavy atom. The molecule has 2 aromatic rings. The van der Waals surface area contributed by atoms with Crippen molar-refractivity contribution in [2.75, 3.05) is 0 Å². The number of carboxylic acids is 1. The van der Waals surface area contributed by atoms with Gasteiger partial charge in [0.15, 0.2) is 0 Å². The number of aromatic nitrogens is 1. The molecular weight excluding hydrogens is 250 g/mol. The van der Waals surface area contributed by atoms with Crippen molar-refractivity contribution >= 4 is 17.3 Å². The van der Waals surface area contributed by atoms with E-state index in [1.807, 2.05) is 12.1 Å². The van der Waals surface area contributed by atoms with Crippen LogP contribution in [0.5, 0.6) is 0 Å². The van der Waals surface area contributed by atoms with E-state index in [9.17, 15) is 4.79 Å². The fraction of sp³-hybridized carbons (Fsp3) is 0.385. The van der Waals surface area contributed by atoms with Gasteiger partial charge in [-0.3, -0.25) is 0 Å². The second-order valence-electron chi connectivity index (χ2n) is 4.43. The van der Waals surface area contributed by atoms with Crippen molar-refractivity contribution in [2.45, 2.75) is 32.1 Å². The Balaban J connectivity index is 2.01. The van der Waals surface area contributed by atoms with E-state index in [1.54, 1.807) is 11.3 Å². The Kier molecular flexibility index (Phi) is 2.70. The Hall–Kier alpha value is -1.62. The Labute approximate surface area is 108 Å². The van der Waals surface area contributed by atoms with Crippen LogP contribution in [-0.4, -0.2) is 16.1 Å². The van der Waals surface area contributed by atoms with Crippen LogP contribution < -0.4 is 0 Å². The molecule has 4 nitrogen and oxygen atoms in total. The van der Waals surface area contributed by atoms with Gasteiger partial charge in [-0.05, 0) is 31.4 Å². The number of oxazole rings is 1. The van der Waals surface area contributed by atoms with Gasteiger partial charge in [-0.2, -0.15) is 0 Å². The molecule has 5 heteroatoms. The summed E-state index contributed by atoms with van der Waals surface area (Å²) in [5.74, 6) is -0.292. The number of aryl methyl sites for hydroxylation is 1. The SMILES string of the molecule is CCc1ccc(-c2nc(C3CC3)c(C(=O)O)o2)s1. The number of hydrogen-bond donors (Lipinski definition) is 1. The maximum absolute atomic E-state index is 11.1. The highest BCUT2D eigenvalue weighted by molar-refractivity contribution is 7.15. The van der Waals surface area contributed by atoms with Gasteiger partial charge in [0.2, 0.25) is 11.7 Å². The minimum absolute atomic E-state index is 0.0129. The van der Waals surface area contributed by atoms with E-state index in [4.69, 9.17) is 9.52 Å². The highest BCUT2D eigenvalue weighted by Crippen LogP contribution is 2.43. The van der Waals surface area contributed by atoms with Crippen molar-refractivity contribution in [3.05, 3.63) is 28.5 Å². The summed E-state index contributed by atoms with van der Waals surface area (Å²) in [6, 6.07) is 3.97. The molecule has 1 saturated carbocycles. The highest BCUT2D eigenvalue weighted by atomic mass is 32.1.